The highest BCUT2D eigenvalue weighted by molar-refractivity contribution is 6.04. The lowest BCUT2D eigenvalue weighted by molar-refractivity contribution is -0.119. The van der Waals surface area contributed by atoms with Crippen molar-refractivity contribution >= 4 is 74.8 Å². The molecule has 1 aliphatic heterocycles. The molecule has 3 N–H and O–H groups in total. The summed E-state index contributed by atoms with van der Waals surface area (Å²) >= 11 is 0. The van der Waals surface area contributed by atoms with Gasteiger partial charge in [0.15, 0.2) is 0 Å². The second-order valence-electron chi connectivity index (χ2n) is 14.9. The molecule has 0 bridgehead atoms. The number of halogens is 2. The van der Waals surface area contributed by atoms with Gasteiger partial charge in [0.1, 0.15) is 11.7 Å². The van der Waals surface area contributed by atoms with E-state index in [1.807, 2.05) is 29.2 Å². The van der Waals surface area contributed by atoms with Crippen LogP contribution in [0.2, 0.25) is 0 Å². The molecule has 9 heteroatoms. The molecular weight excluding hydrogens is 735 g/mol. The predicted molar refractivity (Wildman–Crippen MR) is 236 cm³/mol. The van der Waals surface area contributed by atoms with Crippen LogP contribution in [-0.2, 0) is 37.8 Å². The Bertz CT molecular complexity index is 2380. The third-order valence-corrected chi connectivity index (χ3v) is 11.4. The third kappa shape index (κ3) is 8.92. The van der Waals surface area contributed by atoms with Crippen molar-refractivity contribution < 1.29 is 4.79 Å². The van der Waals surface area contributed by atoms with Crippen LogP contribution in [0.25, 0.3) is 32.6 Å². The number of benzene rings is 6. The number of hydrogen-bond donors (Lipinski definition) is 2. The van der Waals surface area contributed by atoms with Crippen molar-refractivity contribution in [2.45, 2.75) is 51.6 Å². The first-order chi connectivity index (χ1) is 26.4. The number of fused-ring (bicyclic) bond motifs is 3. The minimum absolute atomic E-state index is 0. The maximum atomic E-state index is 14.6. The van der Waals surface area contributed by atoms with Gasteiger partial charge < -0.3 is 15.2 Å². The molecule has 6 aromatic carbocycles. The molecule has 1 saturated heterocycles. The monoisotopic (exact) mass is 784 g/mol. The zero-order valence-corrected chi connectivity index (χ0v) is 33.5. The highest BCUT2D eigenvalue weighted by Gasteiger charge is 2.24. The number of aryl methyl sites for hydroxylation is 3. The van der Waals surface area contributed by atoms with Crippen LogP contribution in [-0.4, -0.2) is 39.3 Å². The number of amidine groups is 1. The average molecular weight is 786 g/mol. The number of anilines is 1. The first-order valence-corrected chi connectivity index (χ1v) is 19.2. The van der Waals surface area contributed by atoms with Crippen LogP contribution in [0, 0.1) is 11.3 Å². The highest BCUT2D eigenvalue weighted by Crippen LogP contribution is 2.33. The van der Waals surface area contributed by atoms with E-state index in [9.17, 15) is 4.79 Å². The number of amides is 1. The number of hydrogen-bond acceptors (Lipinski definition) is 4. The number of nitrogens with one attached hydrogen (secondary N) is 1. The fourth-order valence-electron chi connectivity index (χ4n) is 8.23. The molecule has 0 saturated carbocycles. The molecule has 0 spiro atoms. The molecule has 0 unspecified atom stereocenters. The summed E-state index contributed by atoms with van der Waals surface area (Å²) in [6, 6.07) is 44.2. The third-order valence-electron chi connectivity index (χ3n) is 11.4. The number of likely N-dealkylation sites (tertiary alicyclic amines) is 1. The van der Waals surface area contributed by atoms with E-state index in [1.165, 1.54) is 38.2 Å². The fraction of sp³-hybridized carbons (Fsp3) is 0.255. The van der Waals surface area contributed by atoms with E-state index in [1.54, 1.807) is 0 Å². The van der Waals surface area contributed by atoms with Crippen LogP contribution in [0.4, 0.5) is 5.69 Å². The van der Waals surface area contributed by atoms with Gasteiger partial charge in [-0.3, -0.25) is 15.1 Å². The molecule has 1 amide bonds. The van der Waals surface area contributed by atoms with E-state index >= 15 is 0 Å². The van der Waals surface area contributed by atoms with Crippen LogP contribution in [0.1, 0.15) is 53.8 Å². The SMILES string of the molecule is Cl.Cl.Cn1c(CCc2ccc(C(=N)N)cc2)nc2cc(N(Cc3c4ccccc4cc4ccccc34)C(=O)CCC3CCN(Cc4ccccc4)CC3)ccc21. The van der Waals surface area contributed by atoms with Gasteiger partial charge in [0.2, 0.25) is 5.91 Å². The second-order valence-corrected chi connectivity index (χ2v) is 14.9. The molecule has 56 heavy (non-hydrogen) atoms. The van der Waals surface area contributed by atoms with Crippen molar-refractivity contribution in [3.63, 3.8) is 0 Å². The number of imidazole rings is 1. The zero-order valence-electron chi connectivity index (χ0n) is 31.9. The van der Waals surface area contributed by atoms with Crippen LogP contribution >= 0.6 is 24.8 Å². The number of nitrogens with zero attached hydrogens (tertiary/aromatic N) is 4. The number of aromatic nitrogens is 2. The van der Waals surface area contributed by atoms with Gasteiger partial charge >= 0.3 is 0 Å². The molecule has 1 fully saturated rings. The van der Waals surface area contributed by atoms with E-state index in [2.05, 4.69) is 120 Å². The number of nitrogen functional groups attached to an aromatic ring is 1. The maximum absolute atomic E-state index is 14.6. The Kier molecular flexibility index (Phi) is 13.1. The number of carbonyl (C=O) groups excluding carboxylic acids is 1. The van der Waals surface area contributed by atoms with Crippen LogP contribution in [0.15, 0.2) is 127 Å². The van der Waals surface area contributed by atoms with Crippen molar-refractivity contribution in [2.24, 2.45) is 18.7 Å². The zero-order chi connectivity index (χ0) is 37.0. The first-order valence-electron chi connectivity index (χ1n) is 19.2. The van der Waals surface area contributed by atoms with Gasteiger partial charge in [0, 0.05) is 37.7 Å². The van der Waals surface area contributed by atoms with Gasteiger partial charge in [0.25, 0.3) is 0 Å². The Morgan fingerprint density at radius 2 is 1.43 bits per heavy atom. The van der Waals surface area contributed by atoms with Gasteiger partial charge in [-0.25, -0.2) is 4.98 Å². The van der Waals surface area contributed by atoms with E-state index in [0.29, 0.717) is 18.9 Å². The van der Waals surface area contributed by atoms with Gasteiger partial charge in [-0.05, 0) is 107 Å². The number of piperidine rings is 1. The summed E-state index contributed by atoms with van der Waals surface area (Å²) in [7, 11) is 2.07. The molecule has 1 aliphatic rings. The van der Waals surface area contributed by atoms with Crippen molar-refractivity contribution in [1.82, 2.24) is 14.5 Å². The van der Waals surface area contributed by atoms with Gasteiger partial charge in [-0.15, -0.1) is 24.8 Å². The topological polar surface area (TPSA) is 91.2 Å². The number of rotatable bonds is 12. The summed E-state index contributed by atoms with van der Waals surface area (Å²) in [5.41, 5.74) is 12.9. The molecule has 0 radical (unpaired) electrons. The van der Waals surface area contributed by atoms with Crippen molar-refractivity contribution in [3.8, 4) is 0 Å². The van der Waals surface area contributed by atoms with Gasteiger partial charge in [0.05, 0.1) is 17.6 Å². The summed E-state index contributed by atoms with van der Waals surface area (Å²) in [5, 5.41) is 12.4. The Morgan fingerprint density at radius 1 is 0.786 bits per heavy atom. The van der Waals surface area contributed by atoms with Crippen LogP contribution in [0.5, 0.6) is 0 Å². The Balaban J connectivity index is 0.00000266. The molecule has 0 atom stereocenters. The quantitative estimate of drug-likeness (QED) is 0.0733. The Morgan fingerprint density at radius 3 is 2.09 bits per heavy atom. The molecule has 0 aliphatic carbocycles. The predicted octanol–water partition coefficient (Wildman–Crippen LogP) is 10.0. The lowest BCUT2D eigenvalue weighted by Crippen LogP contribution is -2.34. The number of carbonyl (C=O) groups is 1. The molecule has 8 rings (SSSR count). The minimum Gasteiger partial charge on any atom is -0.384 e. The first kappa shape index (κ1) is 40.5. The fourth-order valence-corrected chi connectivity index (χ4v) is 8.23. The summed E-state index contributed by atoms with van der Waals surface area (Å²) in [6.07, 6.45) is 5.25. The lowest BCUT2D eigenvalue weighted by atomic mass is 9.91. The Labute approximate surface area is 341 Å². The summed E-state index contributed by atoms with van der Waals surface area (Å²) in [6.45, 7) is 3.62. The molecule has 2 heterocycles. The van der Waals surface area contributed by atoms with Crippen molar-refractivity contribution in [1.29, 1.82) is 5.41 Å². The molecule has 7 nitrogen and oxygen atoms in total. The van der Waals surface area contributed by atoms with Crippen molar-refractivity contribution in [2.75, 3.05) is 18.0 Å². The van der Waals surface area contributed by atoms with E-state index < -0.39 is 0 Å². The summed E-state index contributed by atoms with van der Waals surface area (Å²) in [5.74, 6) is 1.77. The smallest absolute Gasteiger partial charge is 0.227 e. The van der Waals surface area contributed by atoms with Gasteiger partial charge in [-0.2, -0.15) is 0 Å². The summed E-state index contributed by atoms with van der Waals surface area (Å²) < 4.78 is 2.16. The van der Waals surface area contributed by atoms with Crippen LogP contribution < -0.4 is 10.6 Å². The van der Waals surface area contributed by atoms with E-state index in [4.69, 9.17) is 16.1 Å². The largest absolute Gasteiger partial charge is 0.384 e. The number of nitrogens with two attached hydrogens (primary N) is 1. The molecule has 1 aromatic heterocycles. The second kappa shape index (κ2) is 18.2. The molecule has 288 valence electrons. The molecule has 7 aromatic rings. The standard InChI is InChI=1S/C47H48N6O.2ClH/c1-51-44-22-21-39(30-43(44)50-45(51)23-17-33-15-19-36(20-16-33)47(48)49)53(32-42-40-13-7-5-11-37(40)29-38-12-6-8-14-41(38)42)46(54)24-18-34-25-27-52(28-26-34)31-35-9-3-2-4-10-35;;/h2-16,19-22,29-30,34H,17-18,23-28,31-32H2,1H3,(H3,48,49);2*1H. The lowest BCUT2D eigenvalue weighted by Gasteiger charge is -2.32. The van der Waals surface area contributed by atoms with E-state index in [-0.39, 0.29) is 36.6 Å². The normalized spacial score (nSPS) is 13.4. The maximum Gasteiger partial charge on any atom is 0.227 e. The average Bonchev–Trinajstić information content (AvgIpc) is 3.52. The van der Waals surface area contributed by atoms with E-state index in [0.717, 1.165) is 79.8 Å². The van der Waals surface area contributed by atoms with Crippen molar-refractivity contribution in [3.05, 3.63) is 155 Å². The molecular formula is C47H50Cl2N6O. The minimum atomic E-state index is 0. The Hall–Kier alpha value is -5.21. The highest BCUT2D eigenvalue weighted by atomic mass is 35.5. The summed E-state index contributed by atoms with van der Waals surface area (Å²) in [4.78, 5) is 24.2. The van der Waals surface area contributed by atoms with Crippen LogP contribution in [0.3, 0.4) is 0 Å². The van der Waals surface area contributed by atoms with Gasteiger partial charge in [-0.1, -0.05) is 103 Å².